The summed E-state index contributed by atoms with van der Waals surface area (Å²) in [5, 5.41) is 0. The molecular formula is C15H16FN5O. The van der Waals surface area contributed by atoms with Gasteiger partial charge >= 0.3 is 0 Å². The molecule has 0 aliphatic carbocycles. The molecule has 0 bridgehead atoms. The van der Waals surface area contributed by atoms with Crippen LogP contribution in [0.2, 0.25) is 0 Å². The minimum absolute atomic E-state index is 0.0534. The van der Waals surface area contributed by atoms with Gasteiger partial charge in [-0.1, -0.05) is 18.2 Å². The Balaban J connectivity index is 2.07. The molecule has 2 aromatic rings. The molecule has 0 heterocycles. The number of hydrogen-bond donors (Lipinski definition) is 3. The Hall–Kier alpha value is -3.09. The summed E-state index contributed by atoms with van der Waals surface area (Å²) in [5.74, 6) is 0.0505. The summed E-state index contributed by atoms with van der Waals surface area (Å²) in [6.07, 6.45) is 0. The van der Waals surface area contributed by atoms with Gasteiger partial charge in [0.25, 0.3) is 0 Å². The molecule has 0 atom stereocenters. The quantitative estimate of drug-likeness (QED) is 0.588. The summed E-state index contributed by atoms with van der Waals surface area (Å²) < 4.78 is 18.7. The van der Waals surface area contributed by atoms with Crippen LogP contribution in [-0.4, -0.2) is 11.9 Å². The normalized spacial score (nSPS) is 11.0. The Kier molecular flexibility index (Phi) is 4.92. The first-order chi connectivity index (χ1) is 10.5. The molecule has 0 fully saturated rings. The summed E-state index contributed by atoms with van der Waals surface area (Å²) in [7, 11) is 0. The van der Waals surface area contributed by atoms with Crippen molar-refractivity contribution in [2.24, 2.45) is 27.2 Å². The molecule has 7 heteroatoms. The van der Waals surface area contributed by atoms with Crippen molar-refractivity contribution in [3.8, 4) is 5.75 Å². The molecule has 22 heavy (non-hydrogen) atoms. The zero-order valence-corrected chi connectivity index (χ0v) is 11.7. The number of halogens is 1. The van der Waals surface area contributed by atoms with Crippen molar-refractivity contribution in [1.29, 1.82) is 0 Å². The van der Waals surface area contributed by atoms with Gasteiger partial charge in [0.05, 0.1) is 5.69 Å². The Bertz CT molecular complexity index is 711. The van der Waals surface area contributed by atoms with Crippen LogP contribution < -0.4 is 21.9 Å². The largest absolute Gasteiger partial charge is 0.489 e. The van der Waals surface area contributed by atoms with Crippen LogP contribution in [0.25, 0.3) is 0 Å². The third-order valence-corrected chi connectivity index (χ3v) is 2.60. The van der Waals surface area contributed by atoms with Crippen molar-refractivity contribution in [3.63, 3.8) is 0 Å². The minimum atomic E-state index is -0.301. The molecule has 2 aromatic carbocycles. The molecule has 0 radical (unpaired) electrons. The van der Waals surface area contributed by atoms with Crippen LogP contribution in [0.3, 0.4) is 0 Å². The zero-order chi connectivity index (χ0) is 15.9. The molecule has 0 amide bonds. The lowest BCUT2D eigenvalue weighted by atomic mass is 10.2. The van der Waals surface area contributed by atoms with E-state index in [9.17, 15) is 4.39 Å². The van der Waals surface area contributed by atoms with Gasteiger partial charge in [0.15, 0.2) is 5.96 Å². The maximum absolute atomic E-state index is 13.1. The maximum atomic E-state index is 13.1. The van der Waals surface area contributed by atoms with E-state index in [4.69, 9.17) is 21.9 Å². The van der Waals surface area contributed by atoms with Gasteiger partial charge < -0.3 is 21.9 Å². The van der Waals surface area contributed by atoms with E-state index in [-0.39, 0.29) is 24.3 Å². The van der Waals surface area contributed by atoms with Gasteiger partial charge in [-0.05, 0) is 29.8 Å². The first-order valence-corrected chi connectivity index (χ1v) is 6.44. The molecule has 0 aromatic heterocycles. The van der Waals surface area contributed by atoms with Gasteiger partial charge in [0.1, 0.15) is 18.2 Å². The van der Waals surface area contributed by atoms with Crippen LogP contribution in [0.1, 0.15) is 5.56 Å². The lowest BCUT2D eigenvalue weighted by Gasteiger charge is -2.07. The zero-order valence-electron chi connectivity index (χ0n) is 11.7. The van der Waals surface area contributed by atoms with Gasteiger partial charge in [-0.3, -0.25) is 0 Å². The van der Waals surface area contributed by atoms with Gasteiger partial charge in [-0.2, -0.15) is 4.99 Å². The van der Waals surface area contributed by atoms with E-state index in [1.54, 1.807) is 36.4 Å². The second-order valence-corrected chi connectivity index (χ2v) is 4.42. The monoisotopic (exact) mass is 301 g/mol. The summed E-state index contributed by atoms with van der Waals surface area (Å²) in [4.78, 5) is 7.66. The molecule has 2 rings (SSSR count). The highest BCUT2D eigenvalue weighted by molar-refractivity contribution is 5.93. The van der Waals surface area contributed by atoms with Crippen molar-refractivity contribution < 1.29 is 9.13 Å². The Morgan fingerprint density at radius 2 is 1.82 bits per heavy atom. The molecule has 0 spiro atoms. The second-order valence-electron chi connectivity index (χ2n) is 4.42. The van der Waals surface area contributed by atoms with Crippen molar-refractivity contribution in [2.45, 2.75) is 6.61 Å². The Labute approximate surface area is 127 Å². The fourth-order valence-corrected chi connectivity index (χ4v) is 1.73. The number of nitrogens with zero attached hydrogens (tertiary/aromatic N) is 2. The molecule has 0 saturated heterocycles. The number of ether oxygens (including phenoxy) is 1. The summed E-state index contributed by atoms with van der Waals surface area (Å²) in [6.45, 7) is 0.244. The van der Waals surface area contributed by atoms with Crippen LogP contribution in [0.4, 0.5) is 10.1 Å². The number of nitrogens with two attached hydrogens (primary N) is 3. The summed E-state index contributed by atoms with van der Waals surface area (Å²) >= 11 is 0. The highest BCUT2D eigenvalue weighted by Gasteiger charge is 2.00. The molecule has 0 aliphatic rings. The Morgan fingerprint density at radius 1 is 1.05 bits per heavy atom. The number of guanidine groups is 2. The molecule has 0 aliphatic heterocycles. The van der Waals surface area contributed by atoms with E-state index in [0.717, 1.165) is 5.56 Å². The van der Waals surface area contributed by atoms with E-state index in [2.05, 4.69) is 9.98 Å². The molecule has 6 N–H and O–H groups in total. The molecule has 114 valence electrons. The second kappa shape index (κ2) is 7.07. The predicted molar refractivity (Wildman–Crippen MR) is 84.3 cm³/mol. The standard InChI is InChI=1S/C15H16FN5O/c16-11-4-1-3-10(7-11)9-22-13-6-2-5-12(8-13)20-15(19)21-14(17)18/h1-8H,9H2,(H6,17,18,19,20,21). The molecule has 0 unspecified atom stereocenters. The van der Waals surface area contributed by atoms with Crippen molar-refractivity contribution in [1.82, 2.24) is 0 Å². The van der Waals surface area contributed by atoms with Crippen LogP contribution in [0.5, 0.6) is 5.75 Å². The Morgan fingerprint density at radius 3 is 2.55 bits per heavy atom. The highest BCUT2D eigenvalue weighted by atomic mass is 19.1. The average Bonchev–Trinajstić information content (AvgIpc) is 2.44. The van der Waals surface area contributed by atoms with Crippen LogP contribution in [-0.2, 0) is 6.61 Å². The van der Waals surface area contributed by atoms with Crippen LogP contribution in [0, 0.1) is 5.82 Å². The molecule has 6 nitrogen and oxygen atoms in total. The topological polar surface area (TPSA) is 112 Å². The minimum Gasteiger partial charge on any atom is -0.489 e. The van der Waals surface area contributed by atoms with Gasteiger partial charge in [-0.25, -0.2) is 9.38 Å². The first kappa shape index (κ1) is 15.3. The average molecular weight is 301 g/mol. The summed E-state index contributed by atoms with van der Waals surface area (Å²) in [5.41, 5.74) is 17.3. The molecular weight excluding hydrogens is 285 g/mol. The van der Waals surface area contributed by atoms with E-state index >= 15 is 0 Å². The van der Waals surface area contributed by atoms with Crippen LogP contribution in [0.15, 0.2) is 58.5 Å². The lowest BCUT2D eigenvalue weighted by Crippen LogP contribution is -2.26. The number of benzene rings is 2. The van der Waals surface area contributed by atoms with Gasteiger partial charge in [0.2, 0.25) is 5.96 Å². The van der Waals surface area contributed by atoms with Gasteiger partial charge in [-0.15, -0.1) is 0 Å². The lowest BCUT2D eigenvalue weighted by molar-refractivity contribution is 0.305. The maximum Gasteiger partial charge on any atom is 0.223 e. The SMILES string of the molecule is NC(N)=NC(N)=Nc1cccc(OCc2cccc(F)c2)c1. The number of aliphatic imine (C=N–C) groups is 2. The smallest absolute Gasteiger partial charge is 0.223 e. The van der Waals surface area contributed by atoms with Crippen LogP contribution >= 0.6 is 0 Å². The third kappa shape index (κ3) is 4.78. The third-order valence-electron chi connectivity index (χ3n) is 2.60. The van der Waals surface area contributed by atoms with Crippen molar-refractivity contribution in [3.05, 3.63) is 59.9 Å². The van der Waals surface area contributed by atoms with E-state index in [1.165, 1.54) is 12.1 Å². The fourth-order valence-electron chi connectivity index (χ4n) is 1.73. The number of rotatable bonds is 4. The number of hydrogen-bond acceptors (Lipinski definition) is 2. The fraction of sp³-hybridized carbons (Fsp3) is 0.0667. The van der Waals surface area contributed by atoms with E-state index in [1.807, 2.05) is 0 Å². The van der Waals surface area contributed by atoms with E-state index < -0.39 is 0 Å². The predicted octanol–water partition coefficient (Wildman–Crippen LogP) is 1.62. The van der Waals surface area contributed by atoms with Gasteiger partial charge in [0, 0.05) is 6.07 Å². The summed E-state index contributed by atoms with van der Waals surface area (Å²) in [6, 6.07) is 13.1. The van der Waals surface area contributed by atoms with Crippen molar-refractivity contribution in [2.75, 3.05) is 0 Å². The first-order valence-electron chi connectivity index (χ1n) is 6.44. The van der Waals surface area contributed by atoms with Crippen molar-refractivity contribution >= 4 is 17.6 Å². The highest BCUT2D eigenvalue weighted by Crippen LogP contribution is 2.21. The van der Waals surface area contributed by atoms with E-state index in [0.29, 0.717) is 11.4 Å². The molecule has 0 saturated carbocycles.